The van der Waals surface area contributed by atoms with Crippen molar-refractivity contribution in [2.45, 2.75) is 25.8 Å². The highest BCUT2D eigenvalue weighted by Crippen LogP contribution is 2.18. The Bertz CT molecular complexity index is 1060. The number of para-hydroxylation sites is 1. The van der Waals surface area contributed by atoms with E-state index >= 15 is 0 Å². The second-order valence-corrected chi connectivity index (χ2v) is 8.70. The lowest BCUT2D eigenvalue weighted by molar-refractivity contribution is -0.145. The van der Waals surface area contributed by atoms with Crippen molar-refractivity contribution in [2.24, 2.45) is 0 Å². The van der Waals surface area contributed by atoms with Crippen LogP contribution in [0.5, 0.6) is 0 Å². The molecule has 10 nitrogen and oxygen atoms in total. The van der Waals surface area contributed by atoms with Gasteiger partial charge in [-0.2, -0.15) is 0 Å². The predicted octanol–water partition coefficient (Wildman–Crippen LogP) is 0.956. The van der Waals surface area contributed by atoms with Gasteiger partial charge in [-0.05, 0) is 30.2 Å². The first-order chi connectivity index (χ1) is 17.0. The Morgan fingerprint density at radius 2 is 1.83 bits per heavy atom. The topological polar surface area (TPSA) is 115 Å². The number of anilines is 1. The molecular weight excluding hydrogens is 450 g/mol. The second kappa shape index (κ2) is 11.2. The van der Waals surface area contributed by atoms with Gasteiger partial charge in [0.05, 0.1) is 19.2 Å². The Morgan fingerprint density at radius 3 is 2.54 bits per heavy atom. The number of nitrogens with zero attached hydrogens (tertiary/aromatic N) is 3. The molecule has 1 aromatic carbocycles. The third-order valence-electron chi connectivity index (χ3n) is 6.45. The van der Waals surface area contributed by atoms with Crippen molar-refractivity contribution in [1.82, 2.24) is 20.0 Å². The van der Waals surface area contributed by atoms with Crippen molar-refractivity contribution in [1.29, 1.82) is 0 Å². The molecule has 3 heterocycles. The first-order valence-electron chi connectivity index (χ1n) is 12.0. The van der Waals surface area contributed by atoms with Crippen molar-refractivity contribution in [3.63, 3.8) is 0 Å². The lowest BCUT2D eigenvalue weighted by Gasteiger charge is -2.38. The van der Waals surface area contributed by atoms with Crippen LogP contribution < -0.4 is 10.6 Å². The summed E-state index contributed by atoms with van der Waals surface area (Å²) < 4.78 is 5.19. The molecule has 0 unspecified atom stereocenters. The Morgan fingerprint density at radius 1 is 1.06 bits per heavy atom. The first kappa shape index (κ1) is 24.5. The standard InChI is InChI=1S/C25H31N5O5/c1-2-18-6-3-4-7-19(18)27-22(31)16-20-24(33)26-9-10-30(20)23(32)17-28-11-13-29(14-12-28)25(34)21-8-5-15-35-21/h3-8,15,20H,2,9-14,16-17H2,1H3,(H,26,33)(H,27,31)/t20-/m0/s1. The molecule has 186 valence electrons. The smallest absolute Gasteiger partial charge is 0.289 e. The Balaban J connectivity index is 1.32. The number of rotatable bonds is 7. The van der Waals surface area contributed by atoms with Crippen LogP contribution in [0.2, 0.25) is 0 Å². The van der Waals surface area contributed by atoms with Gasteiger partial charge < -0.3 is 24.9 Å². The maximum absolute atomic E-state index is 13.1. The van der Waals surface area contributed by atoms with E-state index in [1.54, 1.807) is 17.0 Å². The summed E-state index contributed by atoms with van der Waals surface area (Å²) in [4.78, 5) is 56.1. The zero-order valence-corrected chi connectivity index (χ0v) is 19.9. The maximum Gasteiger partial charge on any atom is 0.289 e. The molecule has 2 N–H and O–H groups in total. The van der Waals surface area contributed by atoms with E-state index in [-0.39, 0.29) is 36.6 Å². The molecule has 0 radical (unpaired) electrons. The van der Waals surface area contributed by atoms with Crippen molar-refractivity contribution in [2.75, 3.05) is 51.1 Å². The normalized spacial score (nSPS) is 18.8. The van der Waals surface area contributed by atoms with Gasteiger partial charge in [0, 0.05) is 45.0 Å². The van der Waals surface area contributed by atoms with Crippen LogP contribution in [0.15, 0.2) is 47.1 Å². The lowest BCUT2D eigenvalue weighted by Crippen LogP contribution is -2.60. The van der Waals surface area contributed by atoms with E-state index in [2.05, 4.69) is 10.6 Å². The zero-order valence-electron chi connectivity index (χ0n) is 19.9. The average Bonchev–Trinajstić information content (AvgIpc) is 3.41. The van der Waals surface area contributed by atoms with Crippen LogP contribution in [0, 0.1) is 0 Å². The molecule has 2 aliphatic heterocycles. The average molecular weight is 482 g/mol. The van der Waals surface area contributed by atoms with Gasteiger partial charge in [-0.1, -0.05) is 25.1 Å². The molecule has 0 spiro atoms. The van der Waals surface area contributed by atoms with E-state index in [1.165, 1.54) is 11.2 Å². The zero-order chi connectivity index (χ0) is 24.8. The Kier molecular flexibility index (Phi) is 7.81. The molecule has 2 aliphatic rings. The van der Waals surface area contributed by atoms with Gasteiger partial charge in [-0.3, -0.25) is 24.1 Å². The highest BCUT2D eigenvalue weighted by atomic mass is 16.3. The van der Waals surface area contributed by atoms with Gasteiger partial charge in [0.15, 0.2) is 5.76 Å². The third-order valence-corrected chi connectivity index (χ3v) is 6.45. The van der Waals surface area contributed by atoms with Gasteiger partial charge in [-0.15, -0.1) is 0 Å². The van der Waals surface area contributed by atoms with Crippen molar-refractivity contribution >= 4 is 29.3 Å². The number of carbonyl (C=O) groups excluding carboxylic acids is 4. The molecule has 35 heavy (non-hydrogen) atoms. The summed E-state index contributed by atoms with van der Waals surface area (Å²) in [5, 5.41) is 5.65. The van der Waals surface area contributed by atoms with E-state index in [4.69, 9.17) is 4.42 Å². The summed E-state index contributed by atoms with van der Waals surface area (Å²) in [7, 11) is 0. The SMILES string of the molecule is CCc1ccccc1NC(=O)C[C@H]1C(=O)NCCN1C(=O)CN1CCN(C(=O)c2ccco2)CC1. The van der Waals surface area contributed by atoms with Gasteiger partial charge in [0.25, 0.3) is 5.91 Å². The molecule has 0 saturated carbocycles. The van der Waals surface area contributed by atoms with Gasteiger partial charge in [0.2, 0.25) is 17.7 Å². The van der Waals surface area contributed by atoms with Crippen LogP contribution in [0.3, 0.4) is 0 Å². The van der Waals surface area contributed by atoms with Gasteiger partial charge in [-0.25, -0.2) is 0 Å². The minimum atomic E-state index is -0.855. The number of carbonyl (C=O) groups is 4. The molecule has 1 atom stereocenters. The molecule has 2 fully saturated rings. The second-order valence-electron chi connectivity index (χ2n) is 8.70. The molecule has 4 amide bonds. The van der Waals surface area contributed by atoms with Crippen LogP contribution in [0.25, 0.3) is 0 Å². The largest absolute Gasteiger partial charge is 0.459 e. The van der Waals surface area contributed by atoms with Crippen molar-refractivity contribution in [3.8, 4) is 0 Å². The number of hydrogen-bond acceptors (Lipinski definition) is 6. The van der Waals surface area contributed by atoms with Crippen LogP contribution in [-0.4, -0.2) is 90.2 Å². The fourth-order valence-electron chi connectivity index (χ4n) is 4.49. The highest BCUT2D eigenvalue weighted by molar-refractivity contribution is 5.98. The summed E-state index contributed by atoms with van der Waals surface area (Å²) in [5.41, 5.74) is 1.72. The Labute approximate surface area is 204 Å². The maximum atomic E-state index is 13.1. The van der Waals surface area contributed by atoms with E-state index in [0.717, 1.165) is 17.7 Å². The molecule has 0 bridgehead atoms. The predicted molar refractivity (Wildman–Crippen MR) is 129 cm³/mol. The van der Waals surface area contributed by atoms with Crippen LogP contribution >= 0.6 is 0 Å². The summed E-state index contributed by atoms with van der Waals surface area (Å²) in [6.45, 7) is 4.89. The number of hydrogen-bond donors (Lipinski definition) is 2. The lowest BCUT2D eigenvalue weighted by atomic mass is 10.1. The summed E-state index contributed by atoms with van der Waals surface area (Å²) in [5.74, 6) is -0.688. The van der Waals surface area contributed by atoms with Crippen LogP contribution in [-0.2, 0) is 20.8 Å². The molecule has 10 heteroatoms. The molecule has 2 saturated heterocycles. The van der Waals surface area contributed by atoms with E-state index in [1.807, 2.05) is 36.1 Å². The summed E-state index contributed by atoms with van der Waals surface area (Å²) in [6, 6.07) is 9.99. The molecule has 4 rings (SSSR count). The minimum absolute atomic E-state index is 0.110. The van der Waals surface area contributed by atoms with E-state index < -0.39 is 6.04 Å². The van der Waals surface area contributed by atoms with Crippen LogP contribution in [0.1, 0.15) is 29.5 Å². The van der Waals surface area contributed by atoms with Crippen molar-refractivity contribution in [3.05, 3.63) is 54.0 Å². The fourth-order valence-corrected chi connectivity index (χ4v) is 4.49. The number of piperazine rings is 2. The number of furan rings is 1. The first-order valence-corrected chi connectivity index (χ1v) is 12.0. The quantitative estimate of drug-likeness (QED) is 0.609. The monoisotopic (exact) mass is 481 g/mol. The molecule has 0 aliphatic carbocycles. The number of aryl methyl sites for hydroxylation is 1. The highest BCUT2D eigenvalue weighted by Gasteiger charge is 2.36. The number of nitrogens with one attached hydrogen (secondary N) is 2. The van der Waals surface area contributed by atoms with Crippen molar-refractivity contribution < 1.29 is 23.6 Å². The molecule has 2 aromatic rings. The van der Waals surface area contributed by atoms with E-state index in [0.29, 0.717) is 45.0 Å². The number of amides is 4. The van der Waals surface area contributed by atoms with E-state index in [9.17, 15) is 19.2 Å². The molecular formula is C25H31N5O5. The van der Waals surface area contributed by atoms with Crippen LogP contribution in [0.4, 0.5) is 5.69 Å². The third kappa shape index (κ3) is 5.89. The minimum Gasteiger partial charge on any atom is -0.459 e. The number of benzene rings is 1. The Hall–Kier alpha value is -3.66. The van der Waals surface area contributed by atoms with Gasteiger partial charge >= 0.3 is 0 Å². The van der Waals surface area contributed by atoms with Gasteiger partial charge in [0.1, 0.15) is 6.04 Å². The summed E-state index contributed by atoms with van der Waals surface area (Å²) in [6.07, 6.45) is 2.13. The summed E-state index contributed by atoms with van der Waals surface area (Å²) >= 11 is 0. The fraction of sp³-hybridized carbons (Fsp3) is 0.440. The molecule has 1 aromatic heterocycles.